The summed E-state index contributed by atoms with van der Waals surface area (Å²) in [5, 5.41) is 4.81. The number of nitrogens with one attached hydrogen (secondary N) is 2. The van der Waals surface area contributed by atoms with Crippen LogP contribution in [-0.2, 0) is 19.1 Å². The van der Waals surface area contributed by atoms with Gasteiger partial charge < -0.3 is 29.2 Å². The molecule has 0 saturated carbocycles. The van der Waals surface area contributed by atoms with E-state index in [1.165, 1.54) is 9.91 Å². The van der Waals surface area contributed by atoms with Crippen molar-refractivity contribution in [1.29, 1.82) is 0 Å². The number of urea groups is 1. The number of carbonyl (C=O) groups is 4. The van der Waals surface area contributed by atoms with E-state index >= 15 is 0 Å². The minimum atomic E-state index is -1.03. The number of amides is 4. The molecule has 284 valence electrons. The van der Waals surface area contributed by atoms with Gasteiger partial charge in [0.1, 0.15) is 35.3 Å². The van der Waals surface area contributed by atoms with Crippen molar-refractivity contribution in [2.75, 3.05) is 26.8 Å². The number of methoxy groups -OCH3 is 1. The number of fused-ring (bicyclic) bond motifs is 2. The first kappa shape index (κ1) is 38.9. The molecule has 2 aromatic carbocycles. The number of ether oxygens (including phenoxy) is 4. The molecule has 2 N–H and O–H groups in total. The van der Waals surface area contributed by atoms with Crippen molar-refractivity contribution in [3.63, 3.8) is 0 Å². The average Bonchev–Trinajstić information content (AvgIpc) is 3.55. The van der Waals surface area contributed by atoms with E-state index in [1.807, 2.05) is 60.7 Å². The van der Waals surface area contributed by atoms with E-state index in [1.54, 1.807) is 34.8 Å². The molecule has 0 aliphatic carbocycles. The van der Waals surface area contributed by atoms with Crippen molar-refractivity contribution in [1.82, 2.24) is 25.6 Å². The van der Waals surface area contributed by atoms with Crippen molar-refractivity contribution in [2.45, 2.75) is 96.4 Å². The number of esters is 1. The van der Waals surface area contributed by atoms with Crippen molar-refractivity contribution in [3.05, 3.63) is 66.7 Å². The predicted molar refractivity (Wildman–Crippen MR) is 200 cm³/mol. The van der Waals surface area contributed by atoms with Gasteiger partial charge in [-0.1, -0.05) is 48.9 Å². The monoisotopic (exact) mass is 729 g/mol. The molecule has 53 heavy (non-hydrogen) atoms. The van der Waals surface area contributed by atoms with Crippen molar-refractivity contribution in [3.8, 4) is 22.8 Å². The molecule has 2 aliphatic heterocycles. The number of pyridine rings is 1. The minimum Gasteiger partial charge on any atom is -0.497 e. The van der Waals surface area contributed by atoms with Gasteiger partial charge in [0.2, 0.25) is 5.91 Å². The fourth-order valence-corrected chi connectivity index (χ4v) is 6.41. The molecule has 0 bridgehead atoms. The van der Waals surface area contributed by atoms with E-state index < -0.39 is 47.8 Å². The van der Waals surface area contributed by atoms with E-state index in [-0.39, 0.29) is 26.1 Å². The van der Waals surface area contributed by atoms with Crippen LogP contribution in [0.4, 0.5) is 9.59 Å². The third kappa shape index (κ3) is 10.6. The maximum Gasteiger partial charge on any atom is 0.426 e. The number of hydrogen-bond acceptors (Lipinski definition) is 9. The first-order valence-corrected chi connectivity index (χ1v) is 18.4. The van der Waals surface area contributed by atoms with Gasteiger partial charge in [-0.15, -0.1) is 0 Å². The van der Waals surface area contributed by atoms with Crippen LogP contribution < -0.4 is 20.2 Å². The van der Waals surface area contributed by atoms with Gasteiger partial charge in [-0.25, -0.2) is 29.8 Å². The Hall–Kier alpha value is -5.33. The van der Waals surface area contributed by atoms with Crippen LogP contribution in [0, 0.1) is 0 Å². The number of aromatic nitrogens is 1. The maximum absolute atomic E-state index is 14.4. The number of benzene rings is 2. The summed E-state index contributed by atoms with van der Waals surface area (Å²) < 4.78 is 23.0. The van der Waals surface area contributed by atoms with Crippen LogP contribution in [0.15, 0.2) is 66.7 Å². The Morgan fingerprint density at radius 1 is 1.00 bits per heavy atom. The summed E-state index contributed by atoms with van der Waals surface area (Å²) >= 11 is 0. The molecule has 13 heteroatoms. The van der Waals surface area contributed by atoms with E-state index in [4.69, 9.17) is 23.9 Å². The van der Waals surface area contributed by atoms with Gasteiger partial charge >= 0.3 is 18.1 Å². The second kappa shape index (κ2) is 17.9. The molecule has 3 aromatic rings. The number of carbonyl (C=O) groups excluding carboxylic acids is 4. The summed E-state index contributed by atoms with van der Waals surface area (Å²) in [7, 11) is 1.59. The third-order valence-electron chi connectivity index (χ3n) is 8.94. The molecule has 2 aliphatic rings. The Kier molecular flexibility index (Phi) is 13.2. The van der Waals surface area contributed by atoms with Crippen LogP contribution in [0.5, 0.6) is 11.5 Å². The normalized spacial score (nSPS) is 20.4. The fraction of sp³-hybridized carbons (Fsp3) is 0.475. The zero-order chi connectivity index (χ0) is 38.0. The largest absolute Gasteiger partial charge is 0.497 e. The van der Waals surface area contributed by atoms with Crippen molar-refractivity contribution in [2.24, 2.45) is 0 Å². The lowest BCUT2D eigenvalue weighted by atomic mass is 10.1. The molecule has 3 heterocycles. The average molecular weight is 730 g/mol. The summed E-state index contributed by atoms with van der Waals surface area (Å²) in [4.78, 5) is 60.8. The second-order valence-electron chi connectivity index (χ2n) is 14.2. The maximum atomic E-state index is 14.4. The molecule has 13 nitrogen and oxygen atoms in total. The lowest BCUT2D eigenvalue weighted by Crippen LogP contribution is -2.57. The van der Waals surface area contributed by atoms with Crippen molar-refractivity contribution < 1.29 is 38.1 Å². The summed E-state index contributed by atoms with van der Waals surface area (Å²) in [5.41, 5.74) is 4.04. The molecule has 0 spiro atoms. The Labute approximate surface area is 311 Å². The van der Waals surface area contributed by atoms with Gasteiger partial charge in [0.15, 0.2) is 0 Å². The Balaban J connectivity index is 1.50. The quantitative estimate of drug-likeness (QED) is 0.204. The summed E-state index contributed by atoms with van der Waals surface area (Å²) in [5.74, 6) is 0.0906. The van der Waals surface area contributed by atoms with Crippen LogP contribution in [-0.4, -0.2) is 89.5 Å². The topological polar surface area (TPSA) is 149 Å². The summed E-state index contributed by atoms with van der Waals surface area (Å²) in [6.45, 7) is 7.30. The number of allylic oxidation sites excluding steroid dienone is 2. The fourth-order valence-electron chi connectivity index (χ4n) is 6.41. The Morgan fingerprint density at radius 3 is 2.51 bits per heavy atom. The molecule has 0 radical (unpaired) electrons. The molecule has 3 unspecified atom stereocenters. The highest BCUT2D eigenvalue weighted by molar-refractivity contribution is 5.92. The van der Waals surface area contributed by atoms with Gasteiger partial charge in [0.05, 0.1) is 31.5 Å². The van der Waals surface area contributed by atoms with Crippen LogP contribution >= 0.6 is 0 Å². The first-order valence-electron chi connectivity index (χ1n) is 18.4. The van der Waals surface area contributed by atoms with Gasteiger partial charge in [-0.3, -0.25) is 4.79 Å². The lowest BCUT2D eigenvalue weighted by Gasteiger charge is -2.32. The highest BCUT2D eigenvalue weighted by Crippen LogP contribution is 2.35. The van der Waals surface area contributed by atoms with E-state index in [9.17, 15) is 19.2 Å². The zero-order valence-electron chi connectivity index (χ0n) is 31.3. The minimum absolute atomic E-state index is 0.0247. The highest BCUT2D eigenvalue weighted by atomic mass is 16.6. The van der Waals surface area contributed by atoms with Gasteiger partial charge in [0, 0.05) is 36.0 Å². The van der Waals surface area contributed by atoms with Gasteiger partial charge in [-0.2, -0.15) is 0 Å². The SMILES string of the molecule is CCOC(=O)C1CCC=CCCCCCN(NC(=O)OC(C)(C)C)C(=O)N2CC(Oc3cc(-c4ccccc4)nc4cc(OC)ccc34)CC2C(=O)N1. The lowest BCUT2D eigenvalue weighted by molar-refractivity contribution is -0.148. The number of nitrogens with zero attached hydrogens (tertiary/aromatic N) is 3. The Bertz CT molecular complexity index is 1780. The van der Waals surface area contributed by atoms with E-state index in [2.05, 4.69) is 16.8 Å². The molecular weight excluding hydrogens is 678 g/mol. The van der Waals surface area contributed by atoms with Crippen LogP contribution in [0.1, 0.15) is 72.6 Å². The second-order valence-corrected chi connectivity index (χ2v) is 14.2. The Morgan fingerprint density at radius 2 is 1.77 bits per heavy atom. The summed E-state index contributed by atoms with van der Waals surface area (Å²) in [6.07, 6.45) is 6.77. The van der Waals surface area contributed by atoms with Crippen LogP contribution in [0.2, 0.25) is 0 Å². The van der Waals surface area contributed by atoms with E-state index in [0.29, 0.717) is 42.0 Å². The molecule has 1 aromatic heterocycles. The van der Waals surface area contributed by atoms with Gasteiger partial charge in [-0.05, 0) is 71.9 Å². The molecule has 4 amide bonds. The molecule has 3 atom stereocenters. The summed E-state index contributed by atoms with van der Waals surface area (Å²) in [6, 6.07) is 14.5. The molecule has 5 rings (SSSR count). The third-order valence-corrected chi connectivity index (χ3v) is 8.94. The molecule has 1 fully saturated rings. The molecule has 1 saturated heterocycles. The van der Waals surface area contributed by atoms with Gasteiger partial charge in [0.25, 0.3) is 0 Å². The predicted octanol–water partition coefficient (Wildman–Crippen LogP) is 6.55. The highest BCUT2D eigenvalue weighted by Gasteiger charge is 2.44. The molecular formula is C40H51N5O8. The number of hydrogen-bond donors (Lipinski definition) is 2. The first-order chi connectivity index (χ1) is 25.5. The van der Waals surface area contributed by atoms with Crippen LogP contribution in [0.25, 0.3) is 22.2 Å². The number of rotatable bonds is 7. The smallest absolute Gasteiger partial charge is 0.426 e. The van der Waals surface area contributed by atoms with Crippen molar-refractivity contribution >= 4 is 34.9 Å². The number of hydrazine groups is 1. The van der Waals surface area contributed by atoms with E-state index in [0.717, 1.165) is 30.2 Å². The standard InChI is InChI=1S/C40H51N5O8/c1-6-51-37(47)31-19-15-10-8-7-9-11-16-22-45(43-38(48)53-40(2,3)4)39(49)44-26-29(24-34(44)36(46)42-31)52-35-25-32(27-17-13-12-14-18-27)41-33-23-28(50-5)20-21-30(33)35/h8,10,12-14,17-18,20-21,23,25,29,31,34H,6-7,9,11,15-16,19,22,24,26H2,1-5H3,(H,42,46)(H,43,48). The zero-order valence-corrected chi connectivity index (χ0v) is 31.3. The van der Waals surface area contributed by atoms with Crippen LogP contribution in [0.3, 0.4) is 0 Å².